The number of para-hydroxylation sites is 2. The van der Waals surface area contributed by atoms with Crippen LogP contribution >= 0.6 is 0 Å². The lowest BCUT2D eigenvalue weighted by molar-refractivity contribution is 0.414. The van der Waals surface area contributed by atoms with Crippen molar-refractivity contribution in [3.8, 4) is 11.5 Å². The molecular weight excluding hydrogens is 538 g/mol. The molecule has 0 saturated carbocycles. The summed E-state index contributed by atoms with van der Waals surface area (Å²) >= 11 is 0. The number of aromatic hydroxyl groups is 1. The summed E-state index contributed by atoms with van der Waals surface area (Å²) in [6.07, 6.45) is 1.78. The van der Waals surface area contributed by atoms with E-state index >= 15 is 0 Å². The number of fused-ring (bicyclic) bond motifs is 2. The highest BCUT2D eigenvalue weighted by atomic mass is 32.2. The second-order valence-corrected chi connectivity index (χ2v) is 12.2. The summed E-state index contributed by atoms with van der Waals surface area (Å²) in [5.41, 5.74) is 3.82. The molecule has 3 N–H and O–H groups in total. The Kier molecular flexibility index (Phi) is 8.19. The van der Waals surface area contributed by atoms with E-state index in [1.54, 1.807) is 24.8 Å². The average molecular weight is 574 g/mol. The first-order valence-electron chi connectivity index (χ1n) is 13.8. The van der Waals surface area contributed by atoms with Gasteiger partial charge in [0.2, 0.25) is 10.0 Å². The molecule has 3 aromatic carbocycles. The topological polar surface area (TPSA) is 113 Å². The highest BCUT2D eigenvalue weighted by Crippen LogP contribution is 2.41. The second kappa shape index (κ2) is 11.8. The SMILES string of the molecule is CCCCS(=O)(=O)NCCc1c(C(c2ccc(OC)cc2)c2c(O)c3ccccc3n(C)c2=O)[nH]c2ccccc12. The van der Waals surface area contributed by atoms with Crippen molar-refractivity contribution in [2.75, 3.05) is 19.4 Å². The number of hydrogen-bond acceptors (Lipinski definition) is 5. The van der Waals surface area contributed by atoms with Crippen LogP contribution in [0.4, 0.5) is 0 Å². The van der Waals surface area contributed by atoms with E-state index in [0.717, 1.165) is 34.1 Å². The number of aromatic amines is 1. The number of aromatic nitrogens is 2. The molecule has 0 amide bonds. The fraction of sp³-hybridized carbons (Fsp3) is 0.281. The lowest BCUT2D eigenvalue weighted by atomic mass is 9.85. The number of nitrogens with zero attached hydrogens (tertiary/aromatic N) is 1. The minimum absolute atomic E-state index is 0.0746. The van der Waals surface area contributed by atoms with E-state index in [1.807, 2.05) is 73.7 Å². The summed E-state index contributed by atoms with van der Waals surface area (Å²) in [4.78, 5) is 17.5. The van der Waals surface area contributed by atoms with Crippen LogP contribution in [0.5, 0.6) is 11.5 Å². The van der Waals surface area contributed by atoms with E-state index in [9.17, 15) is 18.3 Å². The Morgan fingerprint density at radius 1 is 1.00 bits per heavy atom. The van der Waals surface area contributed by atoms with Gasteiger partial charge in [-0.05, 0) is 54.3 Å². The number of pyridine rings is 1. The molecule has 0 radical (unpaired) electrons. The number of rotatable bonds is 11. The van der Waals surface area contributed by atoms with Crippen LogP contribution < -0.4 is 15.0 Å². The molecule has 0 fully saturated rings. The molecule has 1 unspecified atom stereocenters. The van der Waals surface area contributed by atoms with Crippen LogP contribution in [0.2, 0.25) is 0 Å². The second-order valence-electron chi connectivity index (χ2n) is 10.2. The molecule has 0 aliphatic carbocycles. The Bertz CT molecular complexity index is 1860. The maximum atomic E-state index is 14.0. The molecule has 0 aliphatic heterocycles. The molecule has 5 rings (SSSR count). The van der Waals surface area contributed by atoms with Crippen LogP contribution in [0.15, 0.2) is 77.6 Å². The van der Waals surface area contributed by atoms with E-state index in [0.29, 0.717) is 29.5 Å². The normalized spacial score (nSPS) is 12.7. The van der Waals surface area contributed by atoms with E-state index in [2.05, 4.69) is 9.71 Å². The number of unbranched alkanes of at least 4 members (excludes halogenated alkanes) is 1. The molecule has 8 nitrogen and oxygen atoms in total. The Morgan fingerprint density at radius 2 is 1.68 bits per heavy atom. The van der Waals surface area contributed by atoms with Gasteiger partial charge in [0.1, 0.15) is 11.5 Å². The predicted molar refractivity (Wildman–Crippen MR) is 163 cm³/mol. The third kappa shape index (κ3) is 5.60. The average Bonchev–Trinajstić information content (AvgIpc) is 3.35. The quantitative estimate of drug-likeness (QED) is 0.202. The standard InChI is InChI=1S/C32H35N3O5S/c1-4-5-20-41(38,39)33-19-18-24-23-10-6-8-12-26(23)34-30(24)28(21-14-16-22(40-3)17-15-21)29-31(36)25-11-7-9-13-27(25)35(2)32(29)37/h6-17,28,33-34,36H,4-5,18-20H2,1-3H3. The van der Waals surface area contributed by atoms with Crippen LogP contribution in [0.1, 0.15) is 48.1 Å². The van der Waals surface area contributed by atoms with Crippen molar-refractivity contribution in [2.24, 2.45) is 7.05 Å². The monoisotopic (exact) mass is 573 g/mol. The van der Waals surface area contributed by atoms with E-state index < -0.39 is 15.9 Å². The largest absolute Gasteiger partial charge is 0.507 e. The lowest BCUT2D eigenvalue weighted by Gasteiger charge is -2.22. The summed E-state index contributed by atoms with van der Waals surface area (Å²) in [6.45, 7) is 2.16. The number of methoxy groups -OCH3 is 1. The molecule has 5 aromatic rings. The number of ether oxygens (including phenoxy) is 1. The highest BCUT2D eigenvalue weighted by molar-refractivity contribution is 7.89. The van der Waals surface area contributed by atoms with E-state index in [4.69, 9.17) is 4.74 Å². The third-order valence-corrected chi connectivity index (χ3v) is 9.12. The third-order valence-electron chi connectivity index (χ3n) is 7.65. The zero-order chi connectivity index (χ0) is 29.1. The number of sulfonamides is 1. The number of benzene rings is 3. The molecule has 0 aliphatic rings. The molecule has 0 saturated heterocycles. The van der Waals surface area contributed by atoms with Gasteiger partial charge in [-0.2, -0.15) is 0 Å². The van der Waals surface area contributed by atoms with Crippen molar-refractivity contribution >= 4 is 31.8 Å². The summed E-state index contributed by atoms with van der Waals surface area (Å²) in [5.74, 6) is 0.0129. The molecule has 2 heterocycles. The van der Waals surface area contributed by atoms with Gasteiger partial charge in [-0.3, -0.25) is 4.79 Å². The van der Waals surface area contributed by atoms with E-state index in [-0.39, 0.29) is 29.2 Å². The lowest BCUT2D eigenvalue weighted by Crippen LogP contribution is -2.29. The van der Waals surface area contributed by atoms with Crippen LogP contribution in [-0.2, 0) is 23.5 Å². The zero-order valence-electron chi connectivity index (χ0n) is 23.5. The number of nitrogens with one attached hydrogen (secondary N) is 2. The Morgan fingerprint density at radius 3 is 2.39 bits per heavy atom. The number of H-pyrrole nitrogens is 1. The summed E-state index contributed by atoms with van der Waals surface area (Å²) in [7, 11) is -0.110. The summed E-state index contributed by atoms with van der Waals surface area (Å²) in [5, 5.41) is 13.1. The van der Waals surface area contributed by atoms with Gasteiger partial charge in [0.15, 0.2) is 0 Å². The molecule has 41 heavy (non-hydrogen) atoms. The number of aryl methyl sites for hydroxylation is 1. The Hall–Kier alpha value is -4.08. The smallest absolute Gasteiger partial charge is 0.258 e. The van der Waals surface area contributed by atoms with Gasteiger partial charge in [-0.25, -0.2) is 13.1 Å². The van der Waals surface area contributed by atoms with Gasteiger partial charge >= 0.3 is 0 Å². The molecule has 0 bridgehead atoms. The zero-order valence-corrected chi connectivity index (χ0v) is 24.3. The summed E-state index contributed by atoms with van der Waals surface area (Å²) in [6, 6.07) is 22.5. The molecule has 9 heteroatoms. The van der Waals surface area contributed by atoms with Gasteiger partial charge in [-0.15, -0.1) is 0 Å². The Labute approximate surface area is 239 Å². The van der Waals surface area contributed by atoms with E-state index in [1.165, 1.54) is 0 Å². The maximum Gasteiger partial charge on any atom is 0.258 e. The first-order valence-corrected chi connectivity index (χ1v) is 15.4. The van der Waals surface area contributed by atoms with Gasteiger partial charge < -0.3 is 19.4 Å². The fourth-order valence-corrected chi connectivity index (χ4v) is 6.74. The number of hydrogen-bond donors (Lipinski definition) is 3. The van der Waals surface area contributed by atoms with Crippen molar-refractivity contribution < 1.29 is 18.3 Å². The van der Waals surface area contributed by atoms with Crippen LogP contribution in [-0.4, -0.2) is 42.5 Å². The molecule has 1 atom stereocenters. The van der Waals surface area contributed by atoms with Crippen molar-refractivity contribution in [3.05, 3.63) is 106 Å². The highest BCUT2D eigenvalue weighted by Gasteiger charge is 2.30. The fourth-order valence-electron chi connectivity index (χ4n) is 5.51. The van der Waals surface area contributed by atoms with Crippen molar-refractivity contribution in [1.29, 1.82) is 0 Å². The van der Waals surface area contributed by atoms with Crippen LogP contribution in [0, 0.1) is 0 Å². The van der Waals surface area contributed by atoms with Gasteiger partial charge in [0.05, 0.1) is 29.9 Å². The van der Waals surface area contributed by atoms with Crippen LogP contribution in [0.3, 0.4) is 0 Å². The Balaban J connectivity index is 1.72. The molecule has 214 valence electrons. The van der Waals surface area contributed by atoms with Gasteiger partial charge in [-0.1, -0.05) is 55.8 Å². The van der Waals surface area contributed by atoms with Crippen molar-refractivity contribution in [3.63, 3.8) is 0 Å². The molecular formula is C32H35N3O5S. The first-order chi connectivity index (χ1) is 19.8. The molecule has 2 aromatic heterocycles. The molecule has 0 spiro atoms. The van der Waals surface area contributed by atoms with Crippen molar-refractivity contribution in [2.45, 2.75) is 32.1 Å². The predicted octanol–water partition coefficient (Wildman–Crippen LogP) is 5.18. The first kappa shape index (κ1) is 28.4. The minimum atomic E-state index is -3.41. The van der Waals surface area contributed by atoms with Crippen LogP contribution in [0.25, 0.3) is 21.8 Å². The maximum absolute atomic E-state index is 14.0. The van der Waals surface area contributed by atoms with Gasteiger partial charge in [0.25, 0.3) is 5.56 Å². The summed E-state index contributed by atoms with van der Waals surface area (Å²) < 4.78 is 34.8. The van der Waals surface area contributed by atoms with Gasteiger partial charge in [0, 0.05) is 35.6 Å². The van der Waals surface area contributed by atoms with Crippen molar-refractivity contribution in [1.82, 2.24) is 14.3 Å². The minimum Gasteiger partial charge on any atom is -0.507 e.